The van der Waals surface area contributed by atoms with Crippen LogP contribution in [0.5, 0.6) is 0 Å². The summed E-state index contributed by atoms with van der Waals surface area (Å²) in [4.78, 5) is 19.6. The van der Waals surface area contributed by atoms with Gasteiger partial charge in [0, 0.05) is 58.5 Å². The number of benzene rings is 1. The van der Waals surface area contributed by atoms with Crippen LogP contribution in [0, 0.1) is 5.92 Å². The maximum absolute atomic E-state index is 15.1. The molecule has 278 valence electrons. The Balaban J connectivity index is 1.53. The second-order valence-corrected chi connectivity index (χ2v) is 28.0. The Kier molecular flexibility index (Phi) is 13.3. The number of esters is 1. The number of aromatic nitrogens is 5. The van der Waals surface area contributed by atoms with Gasteiger partial charge in [0.15, 0.2) is 17.6 Å². The van der Waals surface area contributed by atoms with Crippen LogP contribution < -0.4 is 4.90 Å². The Hall–Kier alpha value is -2.92. The van der Waals surface area contributed by atoms with Crippen LogP contribution in [-0.4, -0.2) is 85.9 Å². The predicted molar refractivity (Wildman–Crippen MR) is 210 cm³/mol. The average molecular weight is 802 g/mol. The number of fused-ring (bicyclic) bond motifs is 1. The van der Waals surface area contributed by atoms with E-state index in [1.165, 1.54) is 0 Å². The molecule has 10 nitrogen and oxygen atoms in total. The average Bonchev–Trinajstić information content (AvgIpc) is 3.75. The number of hydrogen-bond donors (Lipinski definition) is 0. The molecular formula is C37H54BrFN6O4Si2. The molecule has 1 unspecified atom stereocenters. The highest BCUT2D eigenvalue weighted by Crippen LogP contribution is 2.43. The van der Waals surface area contributed by atoms with Crippen LogP contribution >= 0.6 is 15.9 Å². The third-order valence-electron chi connectivity index (χ3n) is 9.38. The molecule has 0 saturated heterocycles. The second-order valence-electron chi connectivity index (χ2n) is 15.9. The highest BCUT2D eigenvalue weighted by atomic mass is 79.9. The summed E-state index contributed by atoms with van der Waals surface area (Å²) in [5.41, 5.74) is 4.28. The van der Waals surface area contributed by atoms with Crippen molar-refractivity contribution in [1.82, 2.24) is 24.4 Å². The first-order valence-corrected chi connectivity index (χ1v) is 26.3. The minimum atomic E-state index is -1.61. The number of rotatable bonds is 17. The van der Waals surface area contributed by atoms with E-state index in [9.17, 15) is 4.79 Å². The molecule has 3 aromatic heterocycles. The molecule has 51 heavy (non-hydrogen) atoms. The normalized spacial score (nSPS) is 17.5. The van der Waals surface area contributed by atoms with Crippen LogP contribution in [0.15, 0.2) is 53.4 Å². The third-order valence-corrected chi connectivity index (χ3v) is 13.5. The molecule has 1 atom stereocenters. The number of ether oxygens (including phenoxy) is 3. The topological polar surface area (TPSA) is 96.0 Å². The van der Waals surface area contributed by atoms with Gasteiger partial charge in [0.25, 0.3) is 0 Å². The van der Waals surface area contributed by atoms with Gasteiger partial charge in [0.2, 0.25) is 0 Å². The van der Waals surface area contributed by atoms with E-state index in [-0.39, 0.29) is 18.4 Å². The lowest BCUT2D eigenvalue weighted by molar-refractivity contribution is -0.151. The van der Waals surface area contributed by atoms with Crippen LogP contribution in [0.2, 0.25) is 51.4 Å². The van der Waals surface area contributed by atoms with Crippen molar-refractivity contribution in [2.45, 2.75) is 96.1 Å². The number of carbonyl (C=O) groups is 1. The van der Waals surface area contributed by atoms with Gasteiger partial charge in [-0.15, -0.1) is 0 Å². The quantitative estimate of drug-likeness (QED) is 0.0452. The number of carbonyl (C=O) groups excluding carboxylic acids is 1. The fourth-order valence-electron chi connectivity index (χ4n) is 6.27. The fraction of sp³-hybridized carbons (Fsp3) is 0.568. The van der Waals surface area contributed by atoms with Gasteiger partial charge in [0.05, 0.1) is 34.9 Å². The maximum Gasteiger partial charge on any atom is 0.341 e. The minimum absolute atomic E-state index is 0.0473. The molecule has 1 aliphatic rings. The zero-order valence-electron chi connectivity index (χ0n) is 31.2. The number of anilines is 1. The van der Waals surface area contributed by atoms with Crippen molar-refractivity contribution in [1.29, 1.82) is 0 Å². The summed E-state index contributed by atoms with van der Waals surface area (Å²) in [5, 5.41) is 9.55. The Labute approximate surface area is 312 Å². The predicted octanol–water partition coefficient (Wildman–Crippen LogP) is 8.95. The van der Waals surface area contributed by atoms with Gasteiger partial charge in [-0.25, -0.2) is 18.9 Å². The van der Waals surface area contributed by atoms with Crippen LogP contribution in [0.1, 0.15) is 44.2 Å². The van der Waals surface area contributed by atoms with Crippen LogP contribution in [0.25, 0.3) is 22.5 Å². The van der Waals surface area contributed by atoms with Crippen molar-refractivity contribution in [3.05, 3.63) is 59.1 Å². The minimum Gasteiger partial charge on any atom is -0.464 e. The van der Waals surface area contributed by atoms with Crippen molar-refractivity contribution in [2.75, 3.05) is 38.2 Å². The summed E-state index contributed by atoms with van der Waals surface area (Å²) in [5.74, 6) is -0.281. The molecule has 0 aliphatic heterocycles. The fourth-order valence-corrected chi connectivity index (χ4v) is 8.62. The Morgan fingerprint density at radius 2 is 1.59 bits per heavy atom. The molecule has 1 fully saturated rings. The van der Waals surface area contributed by atoms with Crippen LogP contribution in [-0.2, 0) is 19.0 Å². The number of halogens is 2. The van der Waals surface area contributed by atoms with E-state index in [2.05, 4.69) is 65.2 Å². The largest absolute Gasteiger partial charge is 0.464 e. The molecule has 1 saturated carbocycles. The third kappa shape index (κ3) is 10.4. The number of nitrogens with zero attached hydrogens (tertiary/aromatic N) is 6. The van der Waals surface area contributed by atoms with Gasteiger partial charge in [0.1, 0.15) is 13.5 Å². The van der Waals surface area contributed by atoms with Crippen molar-refractivity contribution in [3.63, 3.8) is 0 Å². The van der Waals surface area contributed by atoms with Crippen molar-refractivity contribution in [3.8, 4) is 16.8 Å². The van der Waals surface area contributed by atoms with Crippen molar-refractivity contribution >= 4 is 49.5 Å². The van der Waals surface area contributed by atoms with Crippen molar-refractivity contribution < 1.29 is 23.4 Å². The first-order chi connectivity index (χ1) is 24.3. The molecular weight excluding hydrogens is 748 g/mol. The summed E-state index contributed by atoms with van der Waals surface area (Å²) in [7, 11) is -2.60. The lowest BCUT2D eigenvalue weighted by Gasteiger charge is -2.32. The summed E-state index contributed by atoms with van der Waals surface area (Å²) in [6.07, 6.45) is 6.59. The Morgan fingerprint density at radius 3 is 2.18 bits per heavy atom. The van der Waals surface area contributed by atoms with E-state index >= 15 is 4.39 Å². The van der Waals surface area contributed by atoms with Gasteiger partial charge in [-0.3, -0.25) is 0 Å². The van der Waals surface area contributed by atoms with Crippen LogP contribution in [0.4, 0.5) is 10.2 Å². The molecule has 1 aliphatic carbocycles. The summed E-state index contributed by atoms with van der Waals surface area (Å²) < 4.78 is 37.3. The van der Waals surface area contributed by atoms with E-state index in [0.717, 1.165) is 44.9 Å². The van der Waals surface area contributed by atoms with Crippen LogP contribution in [0.3, 0.4) is 0 Å². The molecule has 0 radical (unpaired) electrons. The summed E-state index contributed by atoms with van der Waals surface area (Å²) in [6, 6.07) is 12.1. The zero-order chi connectivity index (χ0) is 36.8. The molecule has 0 N–H and O–H groups in total. The monoisotopic (exact) mass is 800 g/mol. The number of alkyl halides is 1. The molecule has 0 amide bonds. The van der Waals surface area contributed by atoms with E-state index < -0.39 is 28.3 Å². The first kappa shape index (κ1) is 39.3. The number of para-hydroxylation sites is 1. The zero-order valence-corrected chi connectivity index (χ0v) is 34.8. The molecule has 14 heteroatoms. The SMILES string of the molecule is CCOC(=O)C(F)[C@H]1CC[C@@H](c2nc3c(-c4cnn(-c5ccccc5)c4)cnn3c(N(COCC[Si](C)(C)C)COCC[Si](C)(C)C)c2Br)CC1. The molecule has 1 aromatic carbocycles. The highest BCUT2D eigenvalue weighted by molar-refractivity contribution is 9.10. The maximum atomic E-state index is 15.1. The van der Waals surface area contributed by atoms with Crippen molar-refractivity contribution in [2.24, 2.45) is 5.92 Å². The van der Waals surface area contributed by atoms with Gasteiger partial charge in [-0.2, -0.15) is 14.7 Å². The van der Waals surface area contributed by atoms with Gasteiger partial charge in [-0.1, -0.05) is 57.5 Å². The Morgan fingerprint density at radius 1 is 0.961 bits per heavy atom. The lowest BCUT2D eigenvalue weighted by Crippen LogP contribution is -2.34. The molecule has 4 aromatic rings. The summed E-state index contributed by atoms with van der Waals surface area (Å²) in [6.45, 7) is 17.9. The molecule has 3 heterocycles. The molecule has 5 rings (SSSR count). The van der Waals surface area contributed by atoms with E-state index in [1.54, 1.807) is 6.92 Å². The van der Waals surface area contributed by atoms with E-state index in [0.29, 0.717) is 58.0 Å². The summed E-state index contributed by atoms with van der Waals surface area (Å²) >= 11 is 3.98. The second kappa shape index (κ2) is 17.3. The molecule has 0 spiro atoms. The lowest BCUT2D eigenvalue weighted by atomic mass is 9.78. The first-order valence-electron chi connectivity index (χ1n) is 18.1. The number of hydrogen-bond acceptors (Lipinski definition) is 8. The van der Waals surface area contributed by atoms with Gasteiger partial charge in [-0.05, 0) is 72.8 Å². The van der Waals surface area contributed by atoms with E-state index in [4.69, 9.17) is 24.3 Å². The highest BCUT2D eigenvalue weighted by Gasteiger charge is 2.36. The molecule has 0 bridgehead atoms. The van der Waals surface area contributed by atoms with E-state index in [1.807, 2.05) is 58.1 Å². The van der Waals surface area contributed by atoms with Gasteiger partial charge >= 0.3 is 5.97 Å². The standard InChI is InChI=1S/C37H54BrFN6O4Si2/c1-8-49-37(46)33(39)27-14-16-28(17-15-27)34-32(38)36(43(25-47-18-20-50(2,3)4)26-48-19-21-51(5,6)7)45-35(42-34)31(23-41-45)29-22-40-44(24-29)30-12-10-9-11-13-30/h9-13,22-24,27-28,33H,8,14-21,25-26H2,1-7H3/t27-,28+,33?. The Bertz CT molecular complexity index is 1710. The smallest absolute Gasteiger partial charge is 0.341 e. The van der Waals surface area contributed by atoms with Gasteiger partial charge < -0.3 is 19.1 Å².